The van der Waals surface area contributed by atoms with Gasteiger partial charge < -0.3 is 34.5 Å². The molecule has 4 rings (SSSR count). The van der Waals surface area contributed by atoms with Gasteiger partial charge in [0.05, 0.1) is 26.9 Å². The van der Waals surface area contributed by atoms with Crippen molar-refractivity contribution >= 4 is 28.8 Å². The molecule has 10 nitrogen and oxygen atoms in total. The lowest BCUT2D eigenvalue weighted by Gasteiger charge is -2.40. The van der Waals surface area contributed by atoms with E-state index in [2.05, 4.69) is 9.97 Å². The smallest absolute Gasteiger partial charge is 0.410 e. The molecule has 2 aromatic carbocycles. The summed E-state index contributed by atoms with van der Waals surface area (Å²) in [7, 11) is 4.33. The number of carbonyl (C=O) groups is 1. The van der Waals surface area contributed by atoms with Crippen molar-refractivity contribution in [2.24, 2.45) is 0 Å². The summed E-state index contributed by atoms with van der Waals surface area (Å²) in [5, 5.41) is 0.315. The second-order valence-corrected chi connectivity index (χ2v) is 8.02. The SMILES string of the molecule is COC[C@H]1CN(C(=O)OCc2ccccc2)CCN1c1nc(N)c2cc(OC)c(OC)c(F)c2n1. The van der Waals surface area contributed by atoms with E-state index in [1.54, 1.807) is 18.1 Å². The maximum Gasteiger partial charge on any atom is 0.410 e. The molecule has 0 radical (unpaired) electrons. The fourth-order valence-electron chi connectivity index (χ4n) is 4.10. The van der Waals surface area contributed by atoms with Gasteiger partial charge in [0, 0.05) is 32.1 Å². The van der Waals surface area contributed by atoms with Crippen LogP contribution in [-0.2, 0) is 16.1 Å². The van der Waals surface area contributed by atoms with Crippen molar-refractivity contribution in [1.29, 1.82) is 0 Å². The summed E-state index contributed by atoms with van der Waals surface area (Å²) >= 11 is 0. The summed E-state index contributed by atoms with van der Waals surface area (Å²) in [4.78, 5) is 25.0. The van der Waals surface area contributed by atoms with E-state index in [0.29, 0.717) is 25.0 Å². The number of aromatic nitrogens is 2. The van der Waals surface area contributed by atoms with Crippen molar-refractivity contribution in [1.82, 2.24) is 14.9 Å². The molecule has 0 aliphatic carbocycles. The van der Waals surface area contributed by atoms with Crippen LogP contribution in [0.3, 0.4) is 0 Å². The topological polar surface area (TPSA) is 112 Å². The Morgan fingerprint density at radius 2 is 1.91 bits per heavy atom. The molecule has 2 N–H and O–H groups in total. The van der Waals surface area contributed by atoms with E-state index in [9.17, 15) is 4.79 Å². The molecule has 2 heterocycles. The quantitative estimate of drug-likeness (QED) is 0.540. The van der Waals surface area contributed by atoms with Crippen molar-refractivity contribution in [2.45, 2.75) is 12.6 Å². The number of fused-ring (bicyclic) bond motifs is 1. The highest BCUT2D eigenvalue weighted by atomic mass is 19.1. The van der Waals surface area contributed by atoms with Gasteiger partial charge in [-0.15, -0.1) is 0 Å². The highest BCUT2D eigenvalue weighted by Crippen LogP contribution is 2.37. The zero-order valence-electron chi connectivity index (χ0n) is 19.9. The van der Waals surface area contributed by atoms with Crippen molar-refractivity contribution in [3.63, 3.8) is 0 Å². The Kier molecular flexibility index (Phi) is 7.35. The Labute approximate surface area is 202 Å². The minimum Gasteiger partial charge on any atom is -0.493 e. The second kappa shape index (κ2) is 10.6. The zero-order chi connectivity index (χ0) is 24.9. The standard InChI is InChI=1S/C24H28FN5O5/c1-32-14-16-12-29(24(31)35-13-15-7-5-4-6-8-15)9-10-30(16)23-27-20-17(22(26)28-23)11-18(33-2)21(34-3)19(20)25/h4-8,11,16H,9-10,12-14H2,1-3H3,(H2,26,27,28)/t16-/m1/s1. The van der Waals surface area contributed by atoms with Crippen molar-refractivity contribution in [3.8, 4) is 11.5 Å². The molecule has 0 spiro atoms. The summed E-state index contributed by atoms with van der Waals surface area (Å²) in [5.74, 6) is -0.223. The number of nitrogen functional groups attached to an aromatic ring is 1. The van der Waals surface area contributed by atoms with E-state index in [-0.39, 0.29) is 48.0 Å². The molecule has 11 heteroatoms. The van der Waals surface area contributed by atoms with E-state index in [1.807, 2.05) is 35.2 Å². The predicted octanol–water partition coefficient (Wildman–Crippen LogP) is 2.84. The number of anilines is 2. The van der Waals surface area contributed by atoms with Crippen LogP contribution in [0, 0.1) is 5.82 Å². The molecule has 3 aromatic rings. The van der Waals surface area contributed by atoms with Gasteiger partial charge >= 0.3 is 6.09 Å². The summed E-state index contributed by atoms with van der Waals surface area (Å²) in [6.45, 7) is 1.54. The number of nitrogens with two attached hydrogens (primary N) is 1. The number of amides is 1. The third kappa shape index (κ3) is 4.99. The van der Waals surface area contributed by atoms with Gasteiger partial charge in [0.2, 0.25) is 5.95 Å². The van der Waals surface area contributed by atoms with Crippen LogP contribution in [0.2, 0.25) is 0 Å². The normalized spacial score (nSPS) is 15.8. The summed E-state index contributed by atoms with van der Waals surface area (Å²) < 4.78 is 36.4. The maximum absolute atomic E-state index is 15.2. The molecular weight excluding hydrogens is 457 g/mol. The predicted molar refractivity (Wildman–Crippen MR) is 128 cm³/mol. The first-order valence-corrected chi connectivity index (χ1v) is 11.1. The van der Waals surface area contributed by atoms with E-state index >= 15 is 4.39 Å². The number of nitrogens with zero attached hydrogens (tertiary/aromatic N) is 4. The van der Waals surface area contributed by atoms with E-state index in [0.717, 1.165) is 5.56 Å². The van der Waals surface area contributed by atoms with Crippen LogP contribution in [0.4, 0.5) is 21.0 Å². The Morgan fingerprint density at radius 3 is 2.60 bits per heavy atom. The lowest BCUT2D eigenvalue weighted by atomic mass is 10.1. The van der Waals surface area contributed by atoms with Crippen LogP contribution >= 0.6 is 0 Å². The number of carbonyl (C=O) groups excluding carboxylic acids is 1. The zero-order valence-corrected chi connectivity index (χ0v) is 19.9. The van der Waals surface area contributed by atoms with Gasteiger partial charge in [-0.05, 0) is 11.6 Å². The largest absolute Gasteiger partial charge is 0.493 e. The minimum absolute atomic E-state index is 0.0195. The first kappa shape index (κ1) is 24.3. The summed E-state index contributed by atoms with van der Waals surface area (Å²) in [5.41, 5.74) is 7.11. The molecule has 35 heavy (non-hydrogen) atoms. The Hall–Kier alpha value is -3.86. The fourth-order valence-corrected chi connectivity index (χ4v) is 4.10. The molecule has 1 saturated heterocycles. The van der Waals surface area contributed by atoms with Gasteiger partial charge in [0.15, 0.2) is 17.3 Å². The monoisotopic (exact) mass is 485 g/mol. The van der Waals surface area contributed by atoms with Crippen LogP contribution < -0.4 is 20.1 Å². The molecule has 1 atom stereocenters. The number of ether oxygens (including phenoxy) is 4. The van der Waals surface area contributed by atoms with Crippen LogP contribution in [0.25, 0.3) is 10.9 Å². The number of benzene rings is 2. The Bertz CT molecular complexity index is 1200. The first-order valence-electron chi connectivity index (χ1n) is 11.1. The van der Waals surface area contributed by atoms with Crippen molar-refractivity contribution in [3.05, 3.63) is 47.8 Å². The lowest BCUT2D eigenvalue weighted by molar-refractivity contribution is 0.0786. The first-order chi connectivity index (χ1) is 17.0. The second-order valence-electron chi connectivity index (χ2n) is 8.02. The molecule has 1 fully saturated rings. The number of hydrogen-bond donors (Lipinski definition) is 1. The number of piperazine rings is 1. The average Bonchev–Trinajstić information content (AvgIpc) is 2.88. The summed E-state index contributed by atoms with van der Waals surface area (Å²) in [6.07, 6.45) is -0.420. The molecule has 1 amide bonds. The minimum atomic E-state index is -0.691. The van der Waals surface area contributed by atoms with Crippen LogP contribution in [0.1, 0.15) is 5.56 Å². The van der Waals surface area contributed by atoms with E-state index < -0.39 is 11.9 Å². The molecular formula is C24H28FN5O5. The van der Waals surface area contributed by atoms with E-state index in [4.69, 9.17) is 24.7 Å². The highest BCUT2D eigenvalue weighted by molar-refractivity contribution is 5.92. The molecule has 1 aliphatic rings. The number of rotatable bonds is 7. The van der Waals surface area contributed by atoms with Gasteiger partial charge in [0.25, 0.3) is 0 Å². The van der Waals surface area contributed by atoms with Crippen molar-refractivity contribution in [2.75, 3.05) is 58.2 Å². The van der Waals surface area contributed by atoms with Gasteiger partial charge in [-0.1, -0.05) is 30.3 Å². The molecule has 186 valence electrons. The number of halogens is 1. The van der Waals surface area contributed by atoms with Gasteiger partial charge in [-0.25, -0.2) is 14.2 Å². The summed E-state index contributed by atoms with van der Waals surface area (Å²) in [6, 6.07) is 10.7. The third-order valence-electron chi connectivity index (χ3n) is 5.86. The van der Waals surface area contributed by atoms with Crippen LogP contribution in [-0.4, -0.2) is 74.6 Å². The van der Waals surface area contributed by atoms with Crippen molar-refractivity contribution < 1.29 is 28.1 Å². The lowest BCUT2D eigenvalue weighted by Crippen LogP contribution is -2.57. The molecule has 1 aromatic heterocycles. The van der Waals surface area contributed by atoms with Crippen LogP contribution in [0.5, 0.6) is 11.5 Å². The molecule has 1 aliphatic heterocycles. The Morgan fingerprint density at radius 1 is 1.14 bits per heavy atom. The van der Waals surface area contributed by atoms with Gasteiger partial charge in [-0.3, -0.25) is 0 Å². The maximum atomic E-state index is 15.2. The number of methoxy groups -OCH3 is 3. The number of hydrogen-bond acceptors (Lipinski definition) is 9. The third-order valence-corrected chi connectivity index (χ3v) is 5.86. The van der Waals surface area contributed by atoms with E-state index in [1.165, 1.54) is 14.2 Å². The molecule has 0 unspecified atom stereocenters. The van der Waals surface area contributed by atoms with Gasteiger partial charge in [0.1, 0.15) is 17.9 Å². The highest BCUT2D eigenvalue weighted by Gasteiger charge is 2.33. The van der Waals surface area contributed by atoms with Gasteiger partial charge in [-0.2, -0.15) is 4.98 Å². The fraction of sp³-hybridized carbons (Fsp3) is 0.375. The average molecular weight is 486 g/mol. The van der Waals surface area contributed by atoms with Crippen LogP contribution in [0.15, 0.2) is 36.4 Å². The Balaban J connectivity index is 1.57. The molecule has 0 saturated carbocycles. The molecule has 0 bridgehead atoms.